The minimum Gasteiger partial charge on any atom is -0.457 e. The van der Waals surface area contributed by atoms with Crippen molar-refractivity contribution in [3.63, 3.8) is 0 Å². The number of nitrogens with zero attached hydrogens (tertiary/aromatic N) is 1. The summed E-state index contributed by atoms with van der Waals surface area (Å²) in [4.78, 5) is 15.5. The van der Waals surface area contributed by atoms with Gasteiger partial charge in [0.1, 0.15) is 0 Å². The molecule has 0 atom stereocenters. The summed E-state index contributed by atoms with van der Waals surface area (Å²) in [6.45, 7) is 0. The van der Waals surface area contributed by atoms with Crippen LogP contribution >= 0.6 is 15.9 Å². The van der Waals surface area contributed by atoms with Crippen molar-refractivity contribution in [3.8, 4) is 6.07 Å². The normalized spacial score (nSPS) is 10.5. The quantitative estimate of drug-likeness (QED) is 0.734. The predicted molar refractivity (Wildman–Crippen MR) is 72.9 cm³/mol. The highest BCUT2D eigenvalue weighted by molar-refractivity contribution is 9.10. The lowest BCUT2D eigenvalue weighted by atomic mass is 10.0. The van der Waals surface area contributed by atoms with E-state index in [-0.39, 0.29) is 5.78 Å². The molecule has 3 aromatic rings. The number of ketones is 1. The molecule has 2 aromatic heterocycles. The van der Waals surface area contributed by atoms with Crippen LogP contribution in [-0.2, 0) is 0 Å². The van der Waals surface area contributed by atoms with Crippen LogP contribution < -0.4 is 0 Å². The highest BCUT2D eigenvalue weighted by Gasteiger charge is 2.20. The number of furan rings is 1. The number of halogens is 1. The van der Waals surface area contributed by atoms with Crippen LogP contribution in [0.4, 0.5) is 0 Å². The summed E-state index contributed by atoms with van der Waals surface area (Å²) in [6, 6.07) is 9.00. The fraction of sp³-hybridized carbons (Fsp3) is 0. The molecule has 2 heterocycles. The van der Waals surface area contributed by atoms with Crippen LogP contribution in [0.1, 0.15) is 21.5 Å². The molecule has 0 spiro atoms. The van der Waals surface area contributed by atoms with Gasteiger partial charge < -0.3 is 9.40 Å². The standard InChI is InChI=1S/C14H7BrN2O2/c15-14-9(4-5-19-14)13(18)10-7-17-11-3-1-2-8(6-16)12(10)11/h1-5,7,17H. The number of carbonyl (C=O) groups is 1. The Morgan fingerprint density at radius 2 is 2.16 bits per heavy atom. The summed E-state index contributed by atoms with van der Waals surface area (Å²) in [5.41, 5.74) is 2.15. The zero-order chi connectivity index (χ0) is 13.4. The van der Waals surface area contributed by atoms with Gasteiger partial charge in [0.25, 0.3) is 0 Å². The van der Waals surface area contributed by atoms with Crippen molar-refractivity contribution in [3.05, 3.63) is 58.1 Å². The molecule has 19 heavy (non-hydrogen) atoms. The van der Waals surface area contributed by atoms with Gasteiger partial charge in [0.2, 0.25) is 0 Å². The van der Waals surface area contributed by atoms with Crippen LogP contribution in [-0.4, -0.2) is 10.8 Å². The molecule has 0 aliphatic carbocycles. The number of hydrogen-bond donors (Lipinski definition) is 1. The lowest BCUT2D eigenvalue weighted by Crippen LogP contribution is -2.00. The van der Waals surface area contributed by atoms with E-state index in [4.69, 9.17) is 9.68 Å². The average Bonchev–Trinajstić information content (AvgIpc) is 3.03. The van der Waals surface area contributed by atoms with E-state index < -0.39 is 0 Å². The van der Waals surface area contributed by atoms with Gasteiger partial charge in [-0.15, -0.1) is 0 Å². The van der Waals surface area contributed by atoms with E-state index in [0.717, 1.165) is 5.52 Å². The van der Waals surface area contributed by atoms with Gasteiger partial charge in [0.15, 0.2) is 10.5 Å². The first kappa shape index (κ1) is 11.8. The van der Waals surface area contributed by atoms with E-state index in [0.29, 0.717) is 26.7 Å². The number of aromatic nitrogens is 1. The maximum Gasteiger partial charge on any atom is 0.199 e. The van der Waals surface area contributed by atoms with Gasteiger partial charge in [-0.3, -0.25) is 4.79 Å². The average molecular weight is 315 g/mol. The topological polar surface area (TPSA) is 69.8 Å². The first-order valence-corrected chi connectivity index (χ1v) is 6.29. The molecule has 0 saturated carbocycles. The second-order valence-corrected chi connectivity index (χ2v) is 4.70. The summed E-state index contributed by atoms with van der Waals surface area (Å²) in [5.74, 6) is -0.186. The third-order valence-corrected chi connectivity index (χ3v) is 3.55. The Labute approximate surface area is 116 Å². The number of rotatable bonds is 2. The fourth-order valence-electron chi connectivity index (χ4n) is 2.06. The lowest BCUT2D eigenvalue weighted by Gasteiger charge is -1.99. The monoisotopic (exact) mass is 314 g/mol. The van der Waals surface area contributed by atoms with Crippen molar-refractivity contribution in [1.82, 2.24) is 4.98 Å². The van der Waals surface area contributed by atoms with E-state index in [9.17, 15) is 4.79 Å². The number of benzene rings is 1. The third-order valence-electron chi connectivity index (χ3n) is 2.93. The molecule has 4 nitrogen and oxygen atoms in total. The van der Waals surface area contributed by atoms with Crippen molar-refractivity contribution in [2.24, 2.45) is 0 Å². The number of hydrogen-bond acceptors (Lipinski definition) is 3. The Balaban J connectivity index is 2.25. The zero-order valence-electron chi connectivity index (χ0n) is 9.61. The van der Waals surface area contributed by atoms with Crippen molar-refractivity contribution < 1.29 is 9.21 Å². The number of nitriles is 1. The molecule has 5 heteroatoms. The molecule has 0 bridgehead atoms. The summed E-state index contributed by atoms with van der Waals surface area (Å²) < 4.78 is 5.46. The van der Waals surface area contributed by atoms with E-state index in [2.05, 4.69) is 27.0 Å². The Bertz CT molecular complexity index is 823. The molecular formula is C14H7BrN2O2. The van der Waals surface area contributed by atoms with Crippen LogP contribution in [0.2, 0.25) is 0 Å². The molecule has 92 valence electrons. The second-order valence-electron chi connectivity index (χ2n) is 3.98. The van der Waals surface area contributed by atoms with Crippen LogP contribution in [0.3, 0.4) is 0 Å². The number of nitrogens with one attached hydrogen (secondary N) is 1. The van der Waals surface area contributed by atoms with Crippen molar-refractivity contribution >= 4 is 32.6 Å². The molecule has 3 rings (SSSR count). The van der Waals surface area contributed by atoms with Gasteiger partial charge in [0.05, 0.1) is 23.5 Å². The van der Waals surface area contributed by atoms with Gasteiger partial charge in [-0.1, -0.05) is 6.07 Å². The molecule has 0 unspecified atom stereocenters. The van der Waals surface area contributed by atoms with Gasteiger partial charge in [-0.2, -0.15) is 5.26 Å². The molecule has 0 saturated heterocycles. The van der Waals surface area contributed by atoms with Crippen molar-refractivity contribution in [2.75, 3.05) is 0 Å². The third kappa shape index (κ3) is 1.77. The van der Waals surface area contributed by atoms with Crippen LogP contribution in [0.5, 0.6) is 0 Å². The molecule has 1 N–H and O–H groups in total. The zero-order valence-corrected chi connectivity index (χ0v) is 11.2. The molecule has 1 aromatic carbocycles. The summed E-state index contributed by atoms with van der Waals surface area (Å²) in [6.07, 6.45) is 3.06. The fourth-order valence-corrected chi connectivity index (χ4v) is 2.48. The maximum atomic E-state index is 12.5. The highest BCUT2D eigenvalue weighted by Crippen LogP contribution is 2.27. The van der Waals surface area contributed by atoms with Crippen LogP contribution in [0.25, 0.3) is 10.9 Å². The van der Waals surface area contributed by atoms with Gasteiger partial charge in [-0.25, -0.2) is 0 Å². The smallest absolute Gasteiger partial charge is 0.199 e. The Kier molecular flexibility index (Phi) is 2.73. The minimum absolute atomic E-state index is 0.186. The molecule has 0 aliphatic rings. The van der Waals surface area contributed by atoms with E-state index >= 15 is 0 Å². The Hall–Kier alpha value is -2.32. The maximum absolute atomic E-state index is 12.5. The van der Waals surface area contributed by atoms with Crippen LogP contribution in [0.15, 0.2) is 45.8 Å². The van der Waals surface area contributed by atoms with Gasteiger partial charge in [-0.05, 0) is 34.1 Å². The lowest BCUT2D eigenvalue weighted by molar-refractivity contribution is 0.103. The minimum atomic E-state index is -0.186. The van der Waals surface area contributed by atoms with Gasteiger partial charge in [0, 0.05) is 22.7 Å². The van der Waals surface area contributed by atoms with Crippen LogP contribution in [0, 0.1) is 11.3 Å². The summed E-state index contributed by atoms with van der Waals surface area (Å²) in [7, 11) is 0. The molecule has 0 fully saturated rings. The summed E-state index contributed by atoms with van der Waals surface area (Å²) >= 11 is 3.19. The predicted octanol–water partition coefficient (Wildman–Crippen LogP) is 3.63. The molecule has 0 amide bonds. The molecule has 0 radical (unpaired) electrons. The first-order chi connectivity index (χ1) is 9.22. The SMILES string of the molecule is N#Cc1cccc2[nH]cc(C(=O)c3ccoc3Br)c12. The molecule has 0 aliphatic heterocycles. The van der Waals surface area contributed by atoms with E-state index in [1.807, 2.05) is 6.07 Å². The molecular weight excluding hydrogens is 308 g/mol. The van der Waals surface area contributed by atoms with Gasteiger partial charge >= 0.3 is 0 Å². The number of H-pyrrole nitrogens is 1. The Morgan fingerprint density at radius 1 is 1.32 bits per heavy atom. The second kappa shape index (κ2) is 4.41. The number of aromatic amines is 1. The number of carbonyl (C=O) groups excluding carboxylic acids is 1. The van der Waals surface area contributed by atoms with Crippen molar-refractivity contribution in [2.45, 2.75) is 0 Å². The largest absolute Gasteiger partial charge is 0.457 e. The van der Waals surface area contributed by atoms with E-state index in [1.165, 1.54) is 6.26 Å². The Morgan fingerprint density at radius 3 is 2.84 bits per heavy atom. The number of fused-ring (bicyclic) bond motifs is 1. The highest BCUT2D eigenvalue weighted by atomic mass is 79.9. The summed E-state index contributed by atoms with van der Waals surface area (Å²) in [5, 5.41) is 9.78. The first-order valence-electron chi connectivity index (χ1n) is 5.50. The van der Waals surface area contributed by atoms with E-state index in [1.54, 1.807) is 24.4 Å². The van der Waals surface area contributed by atoms with Crippen molar-refractivity contribution in [1.29, 1.82) is 5.26 Å².